The van der Waals surface area contributed by atoms with Gasteiger partial charge in [-0.2, -0.15) is 0 Å². The van der Waals surface area contributed by atoms with Crippen molar-refractivity contribution in [2.24, 2.45) is 5.16 Å². The van der Waals surface area contributed by atoms with Gasteiger partial charge in [0, 0.05) is 9.90 Å². The molecule has 0 spiro atoms. The first-order valence-corrected chi connectivity index (χ1v) is 9.53. The first-order valence-electron chi connectivity index (χ1n) is 8.34. The molecule has 3 rings (SSSR count). The maximum absolute atomic E-state index is 11.2. The average molecular weight is 400 g/mol. The minimum absolute atomic E-state index is 0.0490. The minimum atomic E-state index is -0.871. The predicted molar refractivity (Wildman–Crippen MR) is 110 cm³/mol. The molecule has 1 heterocycles. The number of carbonyl (C=O) groups is 1. The van der Waals surface area contributed by atoms with E-state index in [0.29, 0.717) is 17.3 Å². The van der Waals surface area contributed by atoms with E-state index in [4.69, 9.17) is 16.4 Å². The third-order valence-electron chi connectivity index (χ3n) is 3.89. The first-order chi connectivity index (χ1) is 13.0. The Labute approximate surface area is 166 Å². The number of oxime groups is 1. The zero-order valence-electron chi connectivity index (χ0n) is 14.7. The number of hydrogen-bond acceptors (Lipinski definition) is 4. The molecular formula is C21H18ClNO3S. The summed E-state index contributed by atoms with van der Waals surface area (Å²) in [7, 11) is 0. The maximum atomic E-state index is 11.2. The predicted octanol–water partition coefficient (Wildman–Crippen LogP) is 5.64. The molecular weight excluding hydrogens is 382 g/mol. The van der Waals surface area contributed by atoms with Gasteiger partial charge in [-0.05, 0) is 41.8 Å². The van der Waals surface area contributed by atoms with E-state index >= 15 is 0 Å². The van der Waals surface area contributed by atoms with Crippen molar-refractivity contribution >= 4 is 34.6 Å². The van der Waals surface area contributed by atoms with Crippen LogP contribution in [-0.4, -0.2) is 16.8 Å². The maximum Gasteiger partial charge on any atom is 0.307 e. The standard InChI is InChI=1S/C21H18ClNO3S/c1-14(23-26-13-15-5-3-2-4-6-15)19-11-17(12-20(24)25)21(27-19)16-7-9-18(22)10-8-16/h2-11H,12-13H2,1H3,(H,24,25). The average Bonchev–Trinajstić information content (AvgIpc) is 3.06. The van der Waals surface area contributed by atoms with Crippen molar-refractivity contribution in [3.63, 3.8) is 0 Å². The van der Waals surface area contributed by atoms with E-state index in [1.807, 2.05) is 55.5 Å². The number of thiophene rings is 1. The number of carboxylic acids is 1. The highest BCUT2D eigenvalue weighted by Gasteiger charge is 2.15. The molecule has 3 aromatic rings. The topological polar surface area (TPSA) is 58.9 Å². The quantitative estimate of drug-likeness (QED) is 0.413. The summed E-state index contributed by atoms with van der Waals surface area (Å²) in [4.78, 5) is 18.5. The Kier molecular flexibility index (Phi) is 6.27. The zero-order chi connectivity index (χ0) is 19.2. The summed E-state index contributed by atoms with van der Waals surface area (Å²) >= 11 is 7.46. The van der Waals surface area contributed by atoms with E-state index in [2.05, 4.69) is 5.16 Å². The van der Waals surface area contributed by atoms with Crippen molar-refractivity contribution in [1.29, 1.82) is 0 Å². The third-order valence-corrected chi connectivity index (χ3v) is 5.48. The second kappa shape index (κ2) is 8.84. The third kappa shape index (κ3) is 5.18. The molecule has 0 amide bonds. The largest absolute Gasteiger partial charge is 0.481 e. The molecule has 6 heteroatoms. The van der Waals surface area contributed by atoms with Gasteiger partial charge in [0.05, 0.1) is 17.0 Å². The van der Waals surface area contributed by atoms with Crippen molar-refractivity contribution in [3.05, 3.63) is 81.7 Å². The molecule has 0 saturated heterocycles. The summed E-state index contributed by atoms with van der Waals surface area (Å²) in [6.07, 6.45) is -0.0490. The summed E-state index contributed by atoms with van der Waals surface area (Å²) in [6.45, 7) is 2.24. The molecule has 0 atom stereocenters. The van der Waals surface area contributed by atoms with E-state index in [1.54, 1.807) is 12.1 Å². The molecule has 138 valence electrons. The molecule has 0 aliphatic carbocycles. The van der Waals surface area contributed by atoms with E-state index in [9.17, 15) is 9.90 Å². The van der Waals surface area contributed by atoms with Gasteiger partial charge in [-0.1, -0.05) is 59.2 Å². The van der Waals surface area contributed by atoms with Gasteiger partial charge in [0.25, 0.3) is 0 Å². The molecule has 27 heavy (non-hydrogen) atoms. The lowest BCUT2D eigenvalue weighted by molar-refractivity contribution is -0.136. The van der Waals surface area contributed by atoms with Crippen LogP contribution in [0.25, 0.3) is 10.4 Å². The smallest absolute Gasteiger partial charge is 0.307 e. The number of carboxylic acid groups (broad SMARTS) is 1. The van der Waals surface area contributed by atoms with Crippen molar-refractivity contribution in [2.45, 2.75) is 20.0 Å². The Morgan fingerprint density at radius 1 is 1.15 bits per heavy atom. The van der Waals surface area contributed by atoms with Crippen LogP contribution >= 0.6 is 22.9 Å². The normalized spacial score (nSPS) is 11.4. The van der Waals surface area contributed by atoms with Crippen LogP contribution in [0.4, 0.5) is 0 Å². The van der Waals surface area contributed by atoms with E-state index in [1.165, 1.54) is 11.3 Å². The minimum Gasteiger partial charge on any atom is -0.481 e. The highest BCUT2D eigenvalue weighted by atomic mass is 35.5. The summed E-state index contributed by atoms with van der Waals surface area (Å²) in [6, 6.07) is 19.0. The molecule has 0 fully saturated rings. The highest BCUT2D eigenvalue weighted by molar-refractivity contribution is 7.17. The summed E-state index contributed by atoms with van der Waals surface area (Å²) in [5, 5.41) is 14.1. The Hall–Kier alpha value is -2.63. The van der Waals surface area contributed by atoms with Gasteiger partial charge in [0.1, 0.15) is 6.61 Å². The van der Waals surface area contributed by atoms with Crippen molar-refractivity contribution in [1.82, 2.24) is 0 Å². The molecule has 4 nitrogen and oxygen atoms in total. The van der Waals surface area contributed by atoms with Crippen LogP contribution in [0, 0.1) is 0 Å². The highest BCUT2D eigenvalue weighted by Crippen LogP contribution is 2.34. The number of nitrogens with zero attached hydrogens (tertiary/aromatic N) is 1. The molecule has 0 unspecified atom stereocenters. The van der Waals surface area contributed by atoms with Crippen molar-refractivity contribution in [3.8, 4) is 10.4 Å². The zero-order valence-corrected chi connectivity index (χ0v) is 16.3. The molecule has 0 saturated carbocycles. The second-order valence-corrected chi connectivity index (χ2v) is 7.47. The second-order valence-electron chi connectivity index (χ2n) is 5.98. The van der Waals surface area contributed by atoms with Gasteiger partial charge in [-0.25, -0.2) is 0 Å². The summed E-state index contributed by atoms with van der Waals surface area (Å²) in [5.41, 5.74) is 3.43. The van der Waals surface area contributed by atoms with Crippen LogP contribution in [0.15, 0.2) is 65.8 Å². The molecule has 0 aliphatic rings. The fourth-order valence-electron chi connectivity index (χ4n) is 2.57. The number of benzene rings is 2. The fraction of sp³-hybridized carbons (Fsp3) is 0.143. The SMILES string of the molecule is CC(=NOCc1ccccc1)c1cc(CC(=O)O)c(-c2ccc(Cl)cc2)s1. The molecule has 2 aromatic carbocycles. The lowest BCUT2D eigenvalue weighted by Gasteiger charge is -2.02. The molecule has 0 bridgehead atoms. The van der Waals surface area contributed by atoms with Gasteiger partial charge in [0.15, 0.2) is 0 Å². The van der Waals surface area contributed by atoms with Gasteiger partial charge < -0.3 is 9.94 Å². The molecule has 0 aliphatic heterocycles. The van der Waals surface area contributed by atoms with Crippen LogP contribution < -0.4 is 0 Å². The van der Waals surface area contributed by atoms with E-state index in [0.717, 1.165) is 26.4 Å². The molecule has 1 aromatic heterocycles. The van der Waals surface area contributed by atoms with Crippen LogP contribution in [0.3, 0.4) is 0 Å². The lowest BCUT2D eigenvalue weighted by Crippen LogP contribution is -2.00. The van der Waals surface area contributed by atoms with Crippen LogP contribution in [-0.2, 0) is 22.7 Å². The fourth-order valence-corrected chi connectivity index (χ4v) is 3.82. The van der Waals surface area contributed by atoms with Crippen LogP contribution in [0.1, 0.15) is 22.9 Å². The monoisotopic (exact) mass is 399 g/mol. The van der Waals surface area contributed by atoms with E-state index in [-0.39, 0.29) is 6.42 Å². The van der Waals surface area contributed by atoms with Crippen molar-refractivity contribution < 1.29 is 14.7 Å². The molecule has 1 N–H and O–H groups in total. The summed E-state index contributed by atoms with van der Waals surface area (Å²) < 4.78 is 0. The Bertz CT molecular complexity index is 949. The van der Waals surface area contributed by atoms with Crippen LogP contribution in [0.2, 0.25) is 5.02 Å². The lowest BCUT2D eigenvalue weighted by atomic mass is 10.1. The Morgan fingerprint density at radius 2 is 1.85 bits per heavy atom. The number of rotatable bonds is 7. The number of halogens is 1. The van der Waals surface area contributed by atoms with Gasteiger partial charge in [-0.15, -0.1) is 11.3 Å². The number of aliphatic carboxylic acids is 1. The first kappa shape index (κ1) is 19.1. The van der Waals surface area contributed by atoms with Gasteiger partial charge in [0.2, 0.25) is 0 Å². The van der Waals surface area contributed by atoms with Gasteiger partial charge >= 0.3 is 5.97 Å². The van der Waals surface area contributed by atoms with Gasteiger partial charge in [-0.3, -0.25) is 4.79 Å². The summed E-state index contributed by atoms with van der Waals surface area (Å²) in [5.74, 6) is -0.871. The Morgan fingerprint density at radius 3 is 2.52 bits per heavy atom. The Balaban J connectivity index is 1.83. The molecule has 0 radical (unpaired) electrons. The van der Waals surface area contributed by atoms with E-state index < -0.39 is 5.97 Å². The van der Waals surface area contributed by atoms with Crippen molar-refractivity contribution in [2.75, 3.05) is 0 Å². The van der Waals surface area contributed by atoms with Crippen LogP contribution in [0.5, 0.6) is 0 Å². The number of hydrogen-bond donors (Lipinski definition) is 1.